The molecule has 0 fully saturated rings. The van der Waals surface area contributed by atoms with Crippen molar-refractivity contribution in [2.75, 3.05) is 18.5 Å². The number of rotatable bonds is 6. The maximum atomic E-state index is 12.7. The molecule has 0 aliphatic carbocycles. The van der Waals surface area contributed by atoms with E-state index in [1.807, 2.05) is 20.8 Å². The fourth-order valence-electron chi connectivity index (χ4n) is 2.80. The number of aryl methyl sites for hydroxylation is 2. The number of amides is 1. The van der Waals surface area contributed by atoms with Crippen molar-refractivity contribution in [3.63, 3.8) is 0 Å². The van der Waals surface area contributed by atoms with E-state index in [4.69, 9.17) is 13.9 Å². The highest BCUT2D eigenvalue weighted by Gasteiger charge is 2.15. The molecule has 3 aromatic rings. The number of carbonyl (C=O) groups excluding carboxylic acids is 1. The smallest absolute Gasteiger partial charge is 0.419 e. The van der Waals surface area contributed by atoms with Crippen LogP contribution in [-0.2, 0) is 7.05 Å². The highest BCUT2D eigenvalue weighted by atomic mass is 16.5. The molecule has 1 aromatic heterocycles. The number of nitrogens with one attached hydrogen (secondary N) is 1. The topological polar surface area (TPSA) is 82.7 Å². The normalized spacial score (nSPS) is 10.8. The Morgan fingerprint density at radius 1 is 1.11 bits per heavy atom. The van der Waals surface area contributed by atoms with Gasteiger partial charge in [0, 0.05) is 18.3 Å². The average molecular weight is 370 g/mol. The summed E-state index contributed by atoms with van der Waals surface area (Å²) in [6.07, 6.45) is 0. The van der Waals surface area contributed by atoms with E-state index in [2.05, 4.69) is 5.32 Å². The molecule has 2 aromatic carbocycles. The lowest BCUT2D eigenvalue weighted by molar-refractivity contribution is 0.102. The van der Waals surface area contributed by atoms with Crippen LogP contribution in [0.4, 0.5) is 5.69 Å². The molecule has 0 bridgehead atoms. The number of aromatic nitrogens is 1. The van der Waals surface area contributed by atoms with Crippen LogP contribution in [0.1, 0.15) is 29.8 Å². The van der Waals surface area contributed by atoms with Gasteiger partial charge in [0.25, 0.3) is 5.91 Å². The second-order valence-electron chi connectivity index (χ2n) is 6.04. The maximum Gasteiger partial charge on any atom is 0.419 e. The van der Waals surface area contributed by atoms with Gasteiger partial charge in [-0.15, -0.1) is 0 Å². The summed E-state index contributed by atoms with van der Waals surface area (Å²) >= 11 is 0. The number of oxazole rings is 1. The number of hydrogen-bond donors (Lipinski definition) is 1. The molecule has 0 aliphatic heterocycles. The van der Waals surface area contributed by atoms with Crippen LogP contribution < -0.4 is 20.5 Å². The van der Waals surface area contributed by atoms with E-state index in [9.17, 15) is 9.59 Å². The fraction of sp³-hybridized carbons (Fsp3) is 0.300. The van der Waals surface area contributed by atoms with Crippen LogP contribution in [0.3, 0.4) is 0 Å². The molecule has 0 radical (unpaired) electrons. The van der Waals surface area contributed by atoms with Crippen molar-refractivity contribution < 1.29 is 18.7 Å². The molecular weight excluding hydrogens is 348 g/mol. The summed E-state index contributed by atoms with van der Waals surface area (Å²) in [7, 11) is 1.62. The zero-order valence-electron chi connectivity index (χ0n) is 15.8. The van der Waals surface area contributed by atoms with Gasteiger partial charge in [0.15, 0.2) is 17.1 Å². The minimum absolute atomic E-state index is 0.282. The molecular formula is C20H22N2O5. The van der Waals surface area contributed by atoms with Gasteiger partial charge < -0.3 is 19.2 Å². The summed E-state index contributed by atoms with van der Waals surface area (Å²) in [6.45, 7) is 6.57. The minimum Gasteiger partial charge on any atom is -0.490 e. The van der Waals surface area contributed by atoms with Crippen molar-refractivity contribution in [2.45, 2.75) is 20.8 Å². The quantitative estimate of drug-likeness (QED) is 0.718. The van der Waals surface area contributed by atoms with Crippen LogP contribution in [0.5, 0.6) is 11.5 Å². The standard InChI is InChI=1S/C20H22N2O5/c1-5-25-16-8-7-13(10-18(16)26-6-2)19(23)21-14-11-15-17(9-12(14)3)27-20(24)22(15)4/h7-11H,5-6H2,1-4H3,(H,21,23). The third-order valence-corrected chi connectivity index (χ3v) is 4.19. The van der Waals surface area contributed by atoms with Crippen molar-refractivity contribution in [2.24, 2.45) is 7.05 Å². The molecule has 1 N–H and O–H groups in total. The summed E-state index contributed by atoms with van der Waals surface area (Å²) in [5, 5.41) is 2.88. The first-order valence-electron chi connectivity index (χ1n) is 8.75. The maximum absolute atomic E-state index is 12.7. The van der Waals surface area contributed by atoms with E-state index in [-0.39, 0.29) is 5.91 Å². The number of carbonyl (C=O) groups is 1. The van der Waals surface area contributed by atoms with Gasteiger partial charge >= 0.3 is 5.76 Å². The highest BCUT2D eigenvalue weighted by Crippen LogP contribution is 2.29. The van der Waals surface area contributed by atoms with Gasteiger partial charge in [-0.2, -0.15) is 0 Å². The van der Waals surface area contributed by atoms with Crippen molar-refractivity contribution in [1.82, 2.24) is 4.57 Å². The summed E-state index contributed by atoms with van der Waals surface area (Å²) in [4.78, 5) is 24.4. The zero-order chi connectivity index (χ0) is 19.6. The molecule has 0 unspecified atom stereocenters. The Morgan fingerprint density at radius 3 is 2.52 bits per heavy atom. The largest absolute Gasteiger partial charge is 0.490 e. The summed E-state index contributed by atoms with van der Waals surface area (Å²) in [5.41, 5.74) is 2.94. The van der Waals surface area contributed by atoms with Crippen LogP contribution in [0.2, 0.25) is 0 Å². The van der Waals surface area contributed by atoms with Gasteiger partial charge in [-0.1, -0.05) is 0 Å². The Bertz CT molecular complexity index is 1050. The lowest BCUT2D eigenvalue weighted by Crippen LogP contribution is -2.13. The predicted molar refractivity (Wildman–Crippen MR) is 103 cm³/mol. The van der Waals surface area contributed by atoms with Gasteiger partial charge in [-0.05, 0) is 56.7 Å². The fourth-order valence-corrected chi connectivity index (χ4v) is 2.80. The Hall–Kier alpha value is -3.22. The van der Waals surface area contributed by atoms with Gasteiger partial charge in [0.2, 0.25) is 0 Å². The van der Waals surface area contributed by atoms with Crippen LogP contribution in [0.25, 0.3) is 11.1 Å². The third-order valence-electron chi connectivity index (χ3n) is 4.19. The number of nitrogens with zero attached hydrogens (tertiary/aromatic N) is 1. The molecule has 1 amide bonds. The minimum atomic E-state index is -0.444. The van der Waals surface area contributed by atoms with Crippen LogP contribution in [-0.4, -0.2) is 23.7 Å². The van der Waals surface area contributed by atoms with Gasteiger partial charge in [0.05, 0.1) is 18.7 Å². The highest BCUT2D eigenvalue weighted by molar-refractivity contribution is 6.05. The summed E-state index contributed by atoms with van der Waals surface area (Å²) in [6, 6.07) is 8.52. The molecule has 0 saturated carbocycles. The first-order chi connectivity index (χ1) is 12.9. The molecule has 0 spiro atoms. The molecule has 3 rings (SSSR count). The lowest BCUT2D eigenvalue weighted by Gasteiger charge is -2.13. The number of benzene rings is 2. The van der Waals surface area contributed by atoms with Gasteiger partial charge in [-0.3, -0.25) is 9.36 Å². The molecule has 7 nitrogen and oxygen atoms in total. The van der Waals surface area contributed by atoms with Gasteiger partial charge in [0.1, 0.15) is 0 Å². The summed E-state index contributed by atoms with van der Waals surface area (Å²) < 4.78 is 17.7. The Labute approximate surface area is 156 Å². The zero-order valence-corrected chi connectivity index (χ0v) is 15.8. The first-order valence-corrected chi connectivity index (χ1v) is 8.75. The molecule has 7 heteroatoms. The molecule has 0 atom stereocenters. The predicted octanol–water partition coefficient (Wildman–Crippen LogP) is 3.49. The van der Waals surface area contributed by atoms with Crippen molar-refractivity contribution in [3.05, 3.63) is 52.0 Å². The van der Waals surface area contributed by atoms with Crippen molar-refractivity contribution in [1.29, 1.82) is 0 Å². The van der Waals surface area contributed by atoms with E-state index >= 15 is 0 Å². The number of anilines is 1. The van der Waals surface area contributed by atoms with E-state index in [1.165, 1.54) is 4.57 Å². The SMILES string of the molecule is CCOc1ccc(C(=O)Nc2cc3c(cc2C)oc(=O)n3C)cc1OCC. The van der Waals surface area contributed by atoms with Crippen LogP contribution >= 0.6 is 0 Å². The van der Waals surface area contributed by atoms with E-state index in [0.717, 1.165) is 5.56 Å². The Kier molecular flexibility index (Phi) is 5.21. The number of ether oxygens (including phenoxy) is 2. The molecule has 1 heterocycles. The molecule has 0 saturated heterocycles. The van der Waals surface area contributed by atoms with Gasteiger partial charge in [-0.25, -0.2) is 4.79 Å². The van der Waals surface area contributed by atoms with E-state index < -0.39 is 5.76 Å². The lowest BCUT2D eigenvalue weighted by atomic mass is 10.1. The monoisotopic (exact) mass is 370 g/mol. The van der Waals surface area contributed by atoms with Crippen molar-refractivity contribution >= 4 is 22.7 Å². The number of hydrogen-bond acceptors (Lipinski definition) is 5. The van der Waals surface area contributed by atoms with Crippen LogP contribution in [0, 0.1) is 6.92 Å². The summed E-state index contributed by atoms with van der Waals surface area (Å²) in [5.74, 6) is 0.397. The van der Waals surface area contributed by atoms with E-state index in [0.29, 0.717) is 47.1 Å². The molecule has 142 valence electrons. The van der Waals surface area contributed by atoms with E-state index in [1.54, 1.807) is 37.4 Å². The first kappa shape index (κ1) is 18.6. The second kappa shape index (κ2) is 7.57. The third kappa shape index (κ3) is 3.67. The molecule has 0 aliphatic rings. The molecule has 27 heavy (non-hydrogen) atoms. The van der Waals surface area contributed by atoms with Crippen LogP contribution in [0.15, 0.2) is 39.5 Å². The Morgan fingerprint density at radius 2 is 1.81 bits per heavy atom. The average Bonchev–Trinajstić information content (AvgIpc) is 2.91. The Balaban J connectivity index is 1.92. The van der Waals surface area contributed by atoms with Crippen molar-refractivity contribution in [3.8, 4) is 11.5 Å². The number of fused-ring (bicyclic) bond motifs is 1. The second-order valence-corrected chi connectivity index (χ2v) is 6.04.